The highest BCUT2D eigenvalue weighted by Gasteiger charge is 2.17. The van der Waals surface area contributed by atoms with Crippen molar-refractivity contribution in [2.24, 2.45) is 0 Å². The Morgan fingerprint density at radius 1 is 1.26 bits per heavy atom. The maximum absolute atomic E-state index is 5.21. The number of nitrogens with zero attached hydrogens (tertiary/aromatic N) is 2. The lowest BCUT2D eigenvalue weighted by molar-refractivity contribution is 0.392. The second kappa shape index (κ2) is 4.66. The van der Waals surface area contributed by atoms with E-state index in [-0.39, 0.29) is 6.04 Å². The molecule has 0 aliphatic carbocycles. The maximum atomic E-state index is 5.21. The Bertz CT molecular complexity index is 664. The molecule has 4 nitrogen and oxygen atoms in total. The van der Waals surface area contributed by atoms with Gasteiger partial charge >= 0.3 is 0 Å². The molecule has 0 fully saturated rings. The highest BCUT2D eigenvalue weighted by molar-refractivity contribution is 7.22. The van der Waals surface area contributed by atoms with Gasteiger partial charge in [0.1, 0.15) is 5.76 Å². The molecule has 1 atom stereocenters. The predicted octanol–water partition coefficient (Wildman–Crippen LogP) is 4.07. The molecule has 5 heteroatoms. The van der Waals surface area contributed by atoms with Crippen LogP contribution in [0.5, 0.6) is 0 Å². The molecule has 1 aromatic carbocycles. The van der Waals surface area contributed by atoms with Gasteiger partial charge in [0.05, 0.1) is 22.0 Å². The summed E-state index contributed by atoms with van der Waals surface area (Å²) in [6.45, 7) is 5.99. The molecule has 3 rings (SSSR count). The summed E-state index contributed by atoms with van der Waals surface area (Å²) in [5, 5.41) is 8.34. The van der Waals surface area contributed by atoms with Gasteiger partial charge < -0.3 is 9.84 Å². The van der Waals surface area contributed by atoms with Crippen LogP contribution in [-0.4, -0.2) is 10.1 Å². The summed E-state index contributed by atoms with van der Waals surface area (Å²) in [6.07, 6.45) is 0. The molecule has 3 aromatic rings. The Morgan fingerprint density at radius 2 is 2.05 bits per heavy atom. The van der Waals surface area contributed by atoms with Crippen LogP contribution in [0, 0.1) is 13.8 Å². The first-order chi connectivity index (χ1) is 9.15. The Hall–Kier alpha value is -1.88. The van der Waals surface area contributed by atoms with E-state index in [1.807, 2.05) is 32.0 Å². The van der Waals surface area contributed by atoms with E-state index in [1.54, 1.807) is 11.3 Å². The lowest BCUT2D eigenvalue weighted by Gasteiger charge is -2.12. The van der Waals surface area contributed by atoms with Gasteiger partial charge in [0.15, 0.2) is 5.13 Å². The van der Waals surface area contributed by atoms with E-state index in [4.69, 9.17) is 4.52 Å². The molecule has 2 heterocycles. The van der Waals surface area contributed by atoms with Crippen LogP contribution in [0.25, 0.3) is 10.2 Å². The lowest BCUT2D eigenvalue weighted by Crippen LogP contribution is -2.08. The van der Waals surface area contributed by atoms with E-state index < -0.39 is 0 Å². The number of para-hydroxylation sites is 1. The van der Waals surface area contributed by atoms with Crippen molar-refractivity contribution in [1.82, 2.24) is 10.1 Å². The summed E-state index contributed by atoms with van der Waals surface area (Å²) in [5.41, 5.74) is 3.07. The zero-order valence-electron chi connectivity index (χ0n) is 11.1. The highest BCUT2D eigenvalue weighted by Crippen LogP contribution is 2.30. The van der Waals surface area contributed by atoms with Gasteiger partial charge in [-0.3, -0.25) is 0 Å². The number of hydrogen-bond donors (Lipinski definition) is 1. The number of aryl methyl sites for hydroxylation is 2. The van der Waals surface area contributed by atoms with Gasteiger partial charge in [0.2, 0.25) is 0 Å². The minimum Gasteiger partial charge on any atom is -0.361 e. The van der Waals surface area contributed by atoms with Gasteiger partial charge in [-0.1, -0.05) is 28.6 Å². The number of aromatic nitrogens is 2. The molecule has 0 bridgehead atoms. The smallest absolute Gasteiger partial charge is 0.184 e. The first-order valence-electron chi connectivity index (χ1n) is 6.20. The summed E-state index contributed by atoms with van der Waals surface area (Å²) in [6, 6.07) is 8.27. The van der Waals surface area contributed by atoms with Crippen LogP contribution >= 0.6 is 11.3 Å². The van der Waals surface area contributed by atoms with Gasteiger partial charge in [-0.25, -0.2) is 4.98 Å². The molecule has 0 aliphatic heterocycles. The number of anilines is 1. The third kappa shape index (κ3) is 2.21. The lowest BCUT2D eigenvalue weighted by atomic mass is 10.1. The van der Waals surface area contributed by atoms with Crippen LogP contribution in [0.3, 0.4) is 0 Å². The van der Waals surface area contributed by atoms with Crippen molar-refractivity contribution >= 4 is 26.7 Å². The molecular weight excluding hydrogens is 258 g/mol. The van der Waals surface area contributed by atoms with Crippen molar-refractivity contribution < 1.29 is 4.52 Å². The first-order valence-corrected chi connectivity index (χ1v) is 7.01. The number of fused-ring (bicyclic) bond motifs is 1. The van der Waals surface area contributed by atoms with E-state index in [2.05, 4.69) is 28.4 Å². The first kappa shape index (κ1) is 12.2. The number of nitrogens with one attached hydrogen (secondary N) is 1. The second-order valence-electron chi connectivity index (χ2n) is 4.59. The Labute approximate surface area is 115 Å². The summed E-state index contributed by atoms with van der Waals surface area (Å²) < 4.78 is 6.40. The molecule has 0 aliphatic rings. The molecular formula is C14H15N3OS. The standard InChI is InChI=1S/C14H15N3OS/c1-8(13-9(2)17-18-10(13)3)15-14-16-11-6-4-5-7-12(11)19-14/h4-8H,1-3H3,(H,15,16). The largest absolute Gasteiger partial charge is 0.361 e. The van der Waals surface area contributed by atoms with Gasteiger partial charge in [-0.2, -0.15) is 0 Å². The van der Waals surface area contributed by atoms with Gasteiger partial charge in [-0.05, 0) is 32.9 Å². The van der Waals surface area contributed by atoms with Crippen molar-refractivity contribution in [2.75, 3.05) is 5.32 Å². The fourth-order valence-corrected chi connectivity index (χ4v) is 3.25. The Balaban J connectivity index is 1.88. The van der Waals surface area contributed by atoms with Gasteiger partial charge in [0, 0.05) is 5.56 Å². The van der Waals surface area contributed by atoms with Crippen molar-refractivity contribution in [2.45, 2.75) is 26.8 Å². The molecule has 0 saturated heterocycles. The SMILES string of the molecule is Cc1noc(C)c1C(C)Nc1nc2ccccc2s1. The zero-order valence-corrected chi connectivity index (χ0v) is 11.9. The van der Waals surface area contributed by atoms with E-state index in [0.717, 1.165) is 27.7 Å². The molecule has 1 unspecified atom stereocenters. The minimum atomic E-state index is 0.131. The topological polar surface area (TPSA) is 51.0 Å². The van der Waals surface area contributed by atoms with E-state index >= 15 is 0 Å². The number of hydrogen-bond acceptors (Lipinski definition) is 5. The monoisotopic (exact) mass is 273 g/mol. The van der Waals surface area contributed by atoms with Crippen molar-refractivity contribution in [3.8, 4) is 0 Å². The molecule has 19 heavy (non-hydrogen) atoms. The Morgan fingerprint density at radius 3 is 2.74 bits per heavy atom. The molecule has 2 aromatic heterocycles. The van der Waals surface area contributed by atoms with E-state index in [0.29, 0.717) is 0 Å². The average Bonchev–Trinajstić information content (AvgIpc) is 2.92. The number of thiazole rings is 1. The molecule has 0 saturated carbocycles. The summed E-state index contributed by atoms with van der Waals surface area (Å²) in [4.78, 5) is 4.58. The summed E-state index contributed by atoms with van der Waals surface area (Å²) in [7, 11) is 0. The van der Waals surface area contributed by atoms with E-state index in [1.165, 1.54) is 4.70 Å². The predicted molar refractivity (Wildman–Crippen MR) is 77.6 cm³/mol. The molecule has 0 spiro atoms. The van der Waals surface area contributed by atoms with Crippen molar-refractivity contribution in [1.29, 1.82) is 0 Å². The van der Waals surface area contributed by atoms with Crippen LogP contribution in [-0.2, 0) is 0 Å². The quantitative estimate of drug-likeness (QED) is 0.781. The van der Waals surface area contributed by atoms with Crippen molar-refractivity contribution in [3.63, 3.8) is 0 Å². The van der Waals surface area contributed by atoms with Crippen molar-refractivity contribution in [3.05, 3.63) is 41.3 Å². The van der Waals surface area contributed by atoms with Gasteiger partial charge in [0.25, 0.3) is 0 Å². The number of rotatable bonds is 3. The van der Waals surface area contributed by atoms with Crippen LogP contribution in [0.1, 0.15) is 30.0 Å². The Kier molecular flexibility index (Phi) is 2.98. The molecule has 1 N–H and O–H groups in total. The molecule has 98 valence electrons. The number of benzene rings is 1. The average molecular weight is 273 g/mol. The fourth-order valence-electron chi connectivity index (χ4n) is 2.30. The van der Waals surface area contributed by atoms with Crippen LogP contribution in [0.2, 0.25) is 0 Å². The van der Waals surface area contributed by atoms with E-state index in [9.17, 15) is 0 Å². The third-order valence-electron chi connectivity index (χ3n) is 3.16. The van der Waals surface area contributed by atoms with Gasteiger partial charge in [-0.15, -0.1) is 0 Å². The van der Waals surface area contributed by atoms with Crippen LogP contribution in [0.15, 0.2) is 28.8 Å². The molecule has 0 radical (unpaired) electrons. The fraction of sp³-hybridized carbons (Fsp3) is 0.286. The minimum absolute atomic E-state index is 0.131. The highest BCUT2D eigenvalue weighted by atomic mass is 32.1. The summed E-state index contributed by atoms with van der Waals surface area (Å²) >= 11 is 1.66. The maximum Gasteiger partial charge on any atom is 0.184 e. The zero-order chi connectivity index (χ0) is 13.4. The second-order valence-corrected chi connectivity index (χ2v) is 5.62. The summed E-state index contributed by atoms with van der Waals surface area (Å²) in [5.74, 6) is 0.860. The third-order valence-corrected chi connectivity index (χ3v) is 4.12. The van der Waals surface area contributed by atoms with Crippen LogP contribution < -0.4 is 5.32 Å². The molecule has 0 amide bonds. The van der Waals surface area contributed by atoms with Crippen LogP contribution in [0.4, 0.5) is 5.13 Å². The normalized spacial score (nSPS) is 12.8.